The third kappa shape index (κ3) is 7.08. The molecule has 164 valence electrons. The highest BCUT2D eigenvalue weighted by Gasteiger charge is 2.11. The second-order valence-corrected chi connectivity index (χ2v) is 6.48. The molecule has 1 amide bonds. The second kappa shape index (κ2) is 12.9. The number of hydrogen-bond donors (Lipinski definition) is 2. The highest BCUT2D eigenvalue weighted by molar-refractivity contribution is 14.0. The maximum Gasteiger partial charge on any atom is 0.251 e. The lowest BCUT2D eigenvalue weighted by Gasteiger charge is -2.23. The Morgan fingerprint density at radius 2 is 1.80 bits per heavy atom. The molecule has 0 aromatic heterocycles. The van der Waals surface area contributed by atoms with Crippen molar-refractivity contribution in [2.24, 2.45) is 4.99 Å². The van der Waals surface area contributed by atoms with Crippen LogP contribution in [0.2, 0.25) is 0 Å². The summed E-state index contributed by atoms with van der Waals surface area (Å²) >= 11 is 0. The fourth-order valence-corrected chi connectivity index (χ4v) is 2.85. The van der Waals surface area contributed by atoms with Crippen molar-refractivity contribution in [3.63, 3.8) is 0 Å². The van der Waals surface area contributed by atoms with E-state index in [0.29, 0.717) is 18.7 Å². The molecule has 8 heteroatoms. The van der Waals surface area contributed by atoms with Crippen molar-refractivity contribution < 1.29 is 14.3 Å². The average Bonchev–Trinajstić information content (AvgIpc) is 2.76. The van der Waals surface area contributed by atoms with Gasteiger partial charge in [-0.2, -0.15) is 0 Å². The number of guanidine groups is 1. The van der Waals surface area contributed by atoms with Crippen LogP contribution in [0.1, 0.15) is 28.4 Å². The highest BCUT2D eigenvalue weighted by Crippen LogP contribution is 2.25. The van der Waals surface area contributed by atoms with Gasteiger partial charge in [-0.25, -0.2) is 4.99 Å². The molecule has 0 radical (unpaired) electrons. The summed E-state index contributed by atoms with van der Waals surface area (Å²) in [5.74, 6) is 2.23. The molecule has 0 bridgehead atoms. The van der Waals surface area contributed by atoms with Crippen LogP contribution in [0.25, 0.3) is 0 Å². The number of nitrogens with zero attached hydrogens (tertiary/aromatic N) is 2. The highest BCUT2D eigenvalue weighted by atomic mass is 127. The minimum Gasteiger partial charge on any atom is -0.497 e. The smallest absolute Gasteiger partial charge is 0.251 e. The molecule has 0 aliphatic heterocycles. The number of benzene rings is 2. The van der Waals surface area contributed by atoms with E-state index in [4.69, 9.17) is 14.5 Å². The van der Waals surface area contributed by atoms with E-state index in [1.54, 1.807) is 21.3 Å². The molecule has 2 rings (SSSR count). The Hall–Kier alpha value is -2.49. The first-order chi connectivity index (χ1) is 14.0. The van der Waals surface area contributed by atoms with Crippen LogP contribution in [0.4, 0.5) is 0 Å². The average molecular weight is 526 g/mol. The standard InChI is InChI=1S/C22H30N4O3.HI/c1-6-24-22(25-14-16-7-9-17(10-8-16)21(27)23-2)26(3)15-18-11-12-19(28-4)13-20(18)29-5;/h7-13H,6,14-15H2,1-5H3,(H,23,27)(H,24,25);1H. The van der Waals surface area contributed by atoms with Gasteiger partial charge in [0.05, 0.1) is 20.8 Å². The van der Waals surface area contributed by atoms with Gasteiger partial charge in [0.25, 0.3) is 5.91 Å². The summed E-state index contributed by atoms with van der Waals surface area (Å²) in [6.07, 6.45) is 0. The number of ether oxygens (including phenoxy) is 2. The predicted octanol–water partition coefficient (Wildman–Crippen LogP) is 3.28. The van der Waals surface area contributed by atoms with E-state index < -0.39 is 0 Å². The maximum atomic E-state index is 11.7. The van der Waals surface area contributed by atoms with Crippen molar-refractivity contribution in [2.75, 3.05) is 34.9 Å². The third-order valence-electron chi connectivity index (χ3n) is 4.45. The van der Waals surface area contributed by atoms with Gasteiger partial charge in [0.2, 0.25) is 0 Å². The molecule has 2 aromatic carbocycles. The first-order valence-electron chi connectivity index (χ1n) is 9.53. The molecule has 2 N–H and O–H groups in total. The molecular weight excluding hydrogens is 495 g/mol. The van der Waals surface area contributed by atoms with Crippen LogP contribution in [-0.2, 0) is 13.1 Å². The number of carbonyl (C=O) groups excluding carboxylic acids is 1. The number of carbonyl (C=O) groups is 1. The van der Waals surface area contributed by atoms with Crippen molar-refractivity contribution in [3.05, 3.63) is 59.2 Å². The molecule has 30 heavy (non-hydrogen) atoms. The number of nitrogens with one attached hydrogen (secondary N) is 2. The lowest BCUT2D eigenvalue weighted by atomic mass is 10.1. The Morgan fingerprint density at radius 3 is 2.37 bits per heavy atom. The zero-order chi connectivity index (χ0) is 21.2. The van der Waals surface area contributed by atoms with E-state index in [2.05, 4.69) is 10.6 Å². The topological polar surface area (TPSA) is 75.2 Å². The zero-order valence-electron chi connectivity index (χ0n) is 18.2. The molecule has 0 aliphatic rings. The fourth-order valence-electron chi connectivity index (χ4n) is 2.85. The molecule has 0 heterocycles. The van der Waals surface area contributed by atoms with E-state index in [9.17, 15) is 4.79 Å². The van der Waals surface area contributed by atoms with Gasteiger partial charge in [0, 0.05) is 44.4 Å². The van der Waals surface area contributed by atoms with Gasteiger partial charge in [-0.15, -0.1) is 24.0 Å². The number of halogens is 1. The molecule has 0 spiro atoms. The van der Waals surface area contributed by atoms with Crippen molar-refractivity contribution in [1.29, 1.82) is 0 Å². The Kier molecular flexibility index (Phi) is 11.0. The quantitative estimate of drug-likeness (QED) is 0.314. The third-order valence-corrected chi connectivity index (χ3v) is 4.45. The van der Waals surface area contributed by atoms with E-state index >= 15 is 0 Å². The van der Waals surface area contributed by atoms with Crippen molar-refractivity contribution in [3.8, 4) is 11.5 Å². The van der Waals surface area contributed by atoms with Crippen LogP contribution in [-0.4, -0.2) is 51.6 Å². The lowest BCUT2D eigenvalue weighted by molar-refractivity contribution is 0.0963. The molecule has 0 fully saturated rings. The lowest BCUT2D eigenvalue weighted by Crippen LogP contribution is -2.38. The number of methoxy groups -OCH3 is 2. The van der Waals surface area contributed by atoms with Gasteiger partial charge in [-0.1, -0.05) is 12.1 Å². The molecule has 0 aliphatic carbocycles. The van der Waals surface area contributed by atoms with Crippen molar-refractivity contribution in [2.45, 2.75) is 20.0 Å². The maximum absolute atomic E-state index is 11.7. The first kappa shape index (κ1) is 25.5. The summed E-state index contributed by atoms with van der Waals surface area (Å²) in [5.41, 5.74) is 2.70. The largest absolute Gasteiger partial charge is 0.497 e. The number of amides is 1. The summed E-state index contributed by atoms with van der Waals surface area (Å²) in [6, 6.07) is 13.2. The summed E-state index contributed by atoms with van der Waals surface area (Å²) in [4.78, 5) is 18.4. The van der Waals surface area contributed by atoms with E-state index in [1.807, 2.05) is 61.3 Å². The Bertz CT molecular complexity index is 841. The summed E-state index contributed by atoms with van der Waals surface area (Å²) in [7, 11) is 6.90. The van der Waals surface area contributed by atoms with Gasteiger partial charge < -0.3 is 25.0 Å². The van der Waals surface area contributed by atoms with Gasteiger partial charge in [0.15, 0.2) is 5.96 Å². The molecule has 0 atom stereocenters. The van der Waals surface area contributed by atoms with Gasteiger partial charge in [-0.05, 0) is 36.8 Å². The Morgan fingerprint density at radius 1 is 1.10 bits per heavy atom. The zero-order valence-corrected chi connectivity index (χ0v) is 20.5. The van der Waals surface area contributed by atoms with Crippen LogP contribution >= 0.6 is 24.0 Å². The number of hydrogen-bond acceptors (Lipinski definition) is 4. The molecule has 0 saturated carbocycles. The molecule has 7 nitrogen and oxygen atoms in total. The summed E-state index contributed by atoms with van der Waals surface area (Å²) < 4.78 is 10.8. The predicted molar refractivity (Wildman–Crippen MR) is 131 cm³/mol. The van der Waals surface area contributed by atoms with Crippen molar-refractivity contribution in [1.82, 2.24) is 15.5 Å². The second-order valence-electron chi connectivity index (χ2n) is 6.48. The van der Waals surface area contributed by atoms with E-state index in [-0.39, 0.29) is 29.9 Å². The van der Waals surface area contributed by atoms with Crippen LogP contribution in [0.3, 0.4) is 0 Å². The SMILES string of the molecule is CCNC(=NCc1ccc(C(=O)NC)cc1)N(C)Cc1ccc(OC)cc1OC.I. The summed E-state index contributed by atoms with van der Waals surface area (Å²) in [6.45, 7) is 3.95. The van der Waals surface area contributed by atoms with Crippen LogP contribution in [0, 0.1) is 0 Å². The van der Waals surface area contributed by atoms with Crippen LogP contribution < -0.4 is 20.1 Å². The fraction of sp³-hybridized carbons (Fsp3) is 0.364. The minimum atomic E-state index is -0.0958. The van der Waals surface area contributed by atoms with Gasteiger partial charge in [0.1, 0.15) is 11.5 Å². The molecule has 0 unspecified atom stereocenters. The van der Waals surface area contributed by atoms with Gasteiger partial charge in [-0.3, -0.25) is 4.79 Å². The first-order valence-corrected chi connectivity index (χ1v) is 9.53. The van der Waals surface area contributed by atoms with E-state index in [0.717, 1.165) is 35.1 Å². The number of rotatable bonds is 8. The van der Waals surface area contributed by atoms with Crippen molar-refractivity contribution >= 4 is 35.8 Å². The minimum absolute atomic E-state index is 0. The van der Waals surface area contributed by atoms with Crippen LogP contribution in [0.5, 0.6) is 11.5 Å². The monoisotopic (exact) mass is 526 g/mol. The number of aliphatic imine (C=N–C) groups is 1. The Labute approximate surface area is 195 Å². The molecule has 2 aromatic rings. The molecule has 0 saturated heterocycles. The molecular formula is C22H31IN4O3. The normalized spacial score (nSPS) is 10.6. The van der Waals surface area contributed by atoms with Gasteiger partial charge >= 0.3 is 0 Å². The van der Waals surface area contributed by atoms with Crippen LogP contribution in [0.15, 0.2) is 47.5 Å². The van der Waals surface area contributed by atoms with E-state index in [1.165, 1.54) is 0 Å². The Balaban J connectivity index is 0.00000450. The summed E-state index contributed by atoms with van der Waals surface area (Å²) in [5, 5.41) is 5.94.